The summed E-state index contributed by atoms with van der Waals surface area (Å²) in [5.41, 5.74) is 1.76. The molecule has 0 unspecified atom stereocenters. The molecule has 0 aliphatic rings. The summed E-state index contributed by atoms with van der Waals surface area (Å²) in [4.78, 5) is 17.9. The lowest BCUT2D eigenvalue weighted by atomic mass is 10.2. The minimum Gasteiger partial charge on any atom is -0.342 e. The van der Waals surface area contributed by atoms with Crippen LogP contribution in [0.25, 0.3) is 5.69 Å². The number of hydrogen-bond acceptors (Lipinski definition) is 4. The van der Waals surface area contributed by atoms with Crippen LogP contribution in [0.15, 0.2) is 54.9 Å². The van der Waals surface area contributed by atoms with E-state index in [0.29, 0.717) is 5.02 Å². The molecule has 0 aliphatic heterocycles. The number of hydrogen-bond donors (Lipinski definition) is 1. The van der Waals surface area contributed by atoms with Crippen molar-refractivity contribution >= 4 is 17.5 Å². The lowest BCUT2D eigenvalue weighted by Crippen LogP contribution is -2.27. The van der Waals surface area contributed by atoms with Gasteiger partial charge in [0, 0.05) is 6.20 Å². The fourth-order valence-electron chi connectivity index (χ4n) is 2.04. The number of nitrogens with one attached hydrogen (secondary N) is 1. The fraction of sp³-hybridized carbons (Fsp3) is 0.125. The highest BCUT2D eigenvalue weighted by Crippen LogP contribution is 2.13. The first-order chi connectivity index (χ1) is 11.1. The molecule has 0 saturated carbocycles. The van der Waals surface area contributed by atoms with Crippen LogP contribution in [-0.4, -0.2) is 25.9 Å². The molecule has 1 aromatic carbocycles. The summed E-state index contributed by atoms with van der Waals surface area (Å²) in [6, 6.07) is 12.6. The predicted octanol–water partition coefficient (Wildman–Crippen LogP) is 2.81. The van der Waals surface area contributed by atoms with Crippen LogP contribution in [0.2, 0.25) is 5.02 Å². The van der Waals surface area contributed by atoms with E-state index in [0.717, 1.165) is 11.4 Å². The summed E-state index contributed by atoms with van der Waals surface area (Å²) in [6.45, 7) is 1.84. The van der Waals surface area contributed by atoms with Crippen LogP contribution in [0.5, 0.6) is 0 Å². The molecule has 3 rings (SSSR count). The van der Waals surface area contributed by atoms with E-state index < -0.39 is 0 Å². The van der Waals surface area contributed by atoms with Crippen molar-refractivity contribution in [3.8, 4) is 5.69 Å². The van der Waals surface area contributed by atoms with E-state index in [9.17, 15) is 4.79 Å². The van der Waals surface area contributed by atoms with Crippen LogP contribution in [0, 0.1) is 0 Å². The smallest absolute Gasteiger partial charge is 0.274 e. The molecular weight excluding hydrogens is 314 g/mol. The Balaban J connectivity index is 1.71. The number of amides is 1. The van der Waals surface area contributed by atoms with Crippen molar-refractivity contribution in [2.75, 3.05) is 0 Å². The van der Waals surface area contributed by atoms with E-state index in [2.05, 4.69) is 20.5 Å². The number of aromatic nitrogens is 4. The molecule has 2 aromatic heterocycles. The molecule has 0 saturated heterocycles. The molecule has 2 heterocycles. The second-order valence-electron chi connectivity index (χ2n) is 4.95. The van der Waals surface area contributed by atoms with Gasteiger partial charge in [0.1, 0.15) is 0 Å². The molecular formula is C16H14ClN5O. The van der Waals surface area contributed by atoms with E-state index in [1.54, 1.807) is 18.3 Å². The van der Waals surface area contributed by atoms with Crippen molar-refractivity contribution in [3.63, 3.8) is 0 Å². The number of para-hydroxylation sites is 1. The Morgan fingerprint density at radius 3 is 2.65 bits per heavy atom. The van der Waals surface area contributed by atoms with Crippen molar-refractivity contribution in [1.29, 1.82) is 0 Å². The number of halogens is 1. The minimum atomic E-state index is -0.309. The Bertz CT molecular complexity index is 801. The zero-order chi connectivity index (χ0) is 16.2. The maximum absolute atomic E-state index is 12.3. The van der Waals surface area contributed by atoms with E-state index >= 15 is 0 Å². The predicted molar refractivity (Wildman–Crippen MR) is 86.5 cm³/mol. The number of rotatable bonds is 4. The highest BCUT2D eigenvalue weighted by molar-refractivity contribution is 6.30. The number of carbonyl (C=O) groups is 1. The second kappa shape index (κ2) is 6.58. The topological polar surface area (TPSA) is 72.7 Å². The second-order valence-corrected chi connectivity index (χ2v) is 5.39. The summed E-state index contributed by atoms with van der Waals surface area (Å²) in [5, 5.41) is 11.7. The number of pyridine rings is 1. The van der Waals surface area contributed by atoms with E-state index in [1.807, 2.05) is 37.3 Å². The molecule has 116 valence electrons. The summed E-state index contributed by atoms with van der Waals surface area (Å²) in [7, 11) is 0. The Morgan fingerprint density at radius 2 is 1.96 bits per heavy atom. The average Bonchev–Trinajstić information content (AvgIpc) is 3.06. The van der Waals surface area contributed by atoms with Gasteiger partial charge in [-0.15, -0.1) is 5.10 Å². The highest BCUT2D eigenvalue weighted by atomic mass is 35.5. The number of carbonyl (C=O) groups excluding carboxylic acids is 1. The first kappa shape index (κ1) is 15.2. The van der Waals surface area contributed by atoms with E-state index in [4.69, 9.17) is 11.6 Å². The van der Waals surface area contributed by atoms with Crippen LogP contribution >= 0.6 is 11.6 Å². The van der Waals surface area contributed by atoms with Crippen LogP contribution in [0.1, 0.15) is 29.1 Å². The molecule has 3 aromatic rings. The molecule has 1 N–H and O–H groups in total. The lowest BCUT2D eigenvalue weighted by molar-refractivity contribution is 0.0933. The van der Waals surface area contributed by atoms with Gasteiger partial charge < -0.3 is 5.32 Å². The summed E-state index contributed by atoms with van der Waals surface area (Å²) in [6.07, 6.45) is 2.98. The summed E-state index contributed by atoms with van der Waals surface area (Å²) >= 11 is 5.81. The summed E-state index contributed by atoms with van der Waals surface area (Å²) < 4.78 is 0. The van der Waals surface area contributed by atoms with Gasteiger partial charge in [-0.1, -0.05) is 29.8 Å². The molecule has 1 amide bonds. The molecule has 0 spiro atoms. The van der Waals surface area contributed by atoms with E-state index in [1.165, 1.54) is 11.0 Å². The normalized spacial score (nSPS) is 11.9. The maximum atomic E-state index is 12.3. The van der Waals surface area contributed by atoms with Crippen molar-refractivity contribution < 1.29 is 4.79 Å². The zero-order valence-electron chi connectivity index (χ0n) is 12.3. The molecule has 0 bridgehead atoms. The van der Waals surface area contributed by atoms with Crippen LogP contribution in [0.3, 0.4) is 0 Å². The van der Waals surface area contributed by atoms with Gasteiger partial charge in [-0.2, -0.15) is 9.90 Å². The molecule has 7 heteroatoms. The maximum Gasteiger partial charge on any atom is 0.274 e. The monoisotopic (exact) mass is 327 g/mol. The summed E-state index contributed by atoms with van der Waals surface area (Å²) in [5.74, 6) is -0.309. The van der Waals surface area contributed by atoms with Crippen molar-refractivity contribution in [3.05, 3.63) is 71.3 Å². The zero-order valence-corrected chi connectivity index (χ0v) is 13.1. The van der Waals surface area contributed by atoms with Gasteiger partial charge in [-0.25, -0.2) is 0 Å². The lowest BCUT2D eigenvalue weighted by Gasteiger charge is -2.12. The van der Waals surface area contributed by atoms with Gasteiger partial charge in [-0.05, 0) is 31.2 Å². The van der Waals surface area contributed by atoms with E-state index in [-0.39, 0.29) is 17.6 Å². The first-order valence-corrected chi connectivity index (χ1v) is 7.41. The van der Waals surface area contributed by atoms with Gasteiger partial charge in [-0.3, -0.25) is 9.78 Å². The van der Waals surface area contributed by atoms with Gasteiger partial charge in [0.15, 0.2) is 5.69 Å². The van der Waals surface area contributed by atoms with Crippen LogP contribution in [0.4, 0.5) is 0 Å². The molecule has 6 nitrogen and oxygen atoms in total. The molecule has 0 radical (unpaired) electrons. The third kappa shape index (κ3) is 3.54. The number of benzene rings is 1. The van der Waals surface area contributed by atoms with Crippen LogP contribution in [-0.2, 0) is 0 Å². The minimum absolute atomic E-state index is 0.245. The first-order valence-electron chi connectivity index (χ1n) is 7.03. The van der Waals surface area contributed by atoms with Crippen LogP contribution < -0.4 is 5.32 Å². The van der Waals surface area contributed by atoms with Crippen molar-refractivity contribution in [2.45, 2.75) is 13.0 Å². The Kier molecular flexibility index (Phi) is 4.34. The SMILES string of the molecule is C[C@H](NC(=O)c1cnn(-c2ccccc2)n1)c1ccc(Cl)cn1. The third-order valence-electron chi connectivity index (χ3n) is 3.25. The third-order valence-corrected chi connectivity index (χ3v) is 3.48. The van der Waals surface area contributed by atoms with Gasteiger partial charge in [0.25, 0.3) is 5.91 Å². The molecule has 0 aliphatic carbocycles. The Hall–Kier alpha value is -2.73. The molecule has 23 heavy (non-hydrogen) atoms. The largest absolute Gasteiger partial charge is 0.342 e. The number of nitrogens with zero attached hydrogens (tertiary/aromatic N) is 4. The quantitative estimate of drug-likeness (QED) is 0.799. The van der Waals surface area contributed by atoms with Crippen molar-refractivity contribution in [1.82, 2.24) is 25.3 Å². The Morgan fingerprint density at radius 1 is 1.17 bits per heavy atom. The molecule has 0 fully saturated rings. The standard InChI is InChI=1S/C16H14ClN5O/c1-11(14-8-7-12(17)9-18-14)20-16(23)15-10-19-22(21-15)13-5-3-2-4-6-13/h2-11H,1H3,(H,20,23)/t11-/m0/s1. The average molecular weight is 328 g/mol. The van der Waals surface area contributed by atoms with Gasteiger partial charge in [0.2, 0.25) is 0 Å². The van der Waals surface area contributed by atoms with Gasteiger partial charge >= 0.3 is 0 Å². The van der Waals surface area contributed by atoms with Gasteiger partial charge in [0.05, 0.1) is 28.6 Å². The molecule has 1 atom stereocenters. The van der Waals surface area contributed by atoms with Crippen molar-refractivity contribution in [2.24, 2.45) is 0 Å². The fourth-order valence-corrected chi connectivity index (χ4v) is 2.15. The highest BCUT2D eigenvalue weighted by Gasteiger charge is 2.15. The Labute approximate surface area is 138 Å².